The van der Waals surface area contributed by atoms with Crippen molar-refractivity contribution in [2.75, 3.05) is 5.32 Å². The zero-order valence-corrected chi connectivity index (χ0v) is 29.9. The largest absolute Gasteiger partial charge is 0.456 e. The molecule has 10 rings (SSSR count). The topological polar surface area (TPSA) is 25.2 Å². The summed E-state index contributed by atoms with van der Waals surface area (Å²) in [5.41, 5.74) is 15.7. The fourth-order valence-corrected chi connectivity index (χ4v) is 9.22. The summed E-state index contributed by atoms with van der Waals surface area (Å²) in [5.74, 6) is 0. The van der Waals surface area contributed by atoms with Crippen LogP contribution in [0.5, 0.6) is 0 Å². The van der Waals surface area contributed by atoms with Gasteiger partial charge in [-0.05, 0) is 126 Å². The predicted molar refractivity (Wildman–Crippen MR) is 223 cm³/mol. The molecule has 0 spiro atoms. The van der Waals surface area contributed by atoms with Crippen LogP contribution in [0.3, 0.4) is 0 Å². The Kier molecular flexibility index (Phi) is 7.54. The standard InChI is InChI=1S/C49H37NOS/c1-31-21-22-33(32-11-3-2-4-12-32)28-40(31)36-13-9-14-37(27-36)41-29-34(35-24-26-48-42(30-35)38-15-6-8-20-47(38)52-48)23-25-43(41)50-44-17-10-19-46-49(44)39-16-5-7-18-45(39)51-46/h2-8,11-12,14-16,18-30,50H,9-10,13,17H2,1H3. The number of allylic oxidation sites excluding steroid dienone is 4. The highest BCUT2D eigenvalue weighted by Gasteiger charge is 2.19. The Morgan fingerprint density at radius 3 is 2.21 bits per heavy atom. The molecule has 2 nitrogen and oxygen atoms in total. The van der Waals surface area contributed by atoms with Crippen molar-refractivity contribution >= 4 is 71.1 Å². The Balaban J connectivity index is 1.12. The summed E-state index contributed by atoms with van der Waals surface area (Å²) in [6.45, 7) is 2.24. The minimum atomic E-state index is 0.936. The zero-order valence-electron chi connectivity index (χ0n) is 29.1. The van der Waals surface area contributed by atoms with E-state index in [1.54, 1.807) is 0 Å². The normalized spacial score (nSPS) is 14.3. The molecule has 8 aromatic rings. The van der Waals surface area contributed by atoms with Crippen molar-refractivity contribution in [2.24, 2.45) is 0 Å². The van der Waals surface area contributed by atoms with Gasteiger partial charge in [-0.3, -0.25) is 0 Å². The second-order valence-electron chi connectivity index (χ2n) is 14.0. The first-order valence-corrected chi connectivity index (χ1v) is 19.1. The van der Waals surface area contributed by atoms with Crippen LogP contribution in [0.2, 0.25) is 0 Å². The van der Waals surface area contributed by atoms with Gasteiger partial charge in [0.2, 0.25) is 0 Å². The van der Waals surface area contributed by atoms with Crippen LogP contribution in [0, 0.1) is 6.92 Å². The van der Waals surface area contributed by atoms with Crippen LogP contribution in [0.15, 0.2) is 150 Å². The number of thiophene rings is 1. The van der Waals surface area contributed by atoms with Crippen molar-refractivity contribution in [2.45, 2.75) is 32.6 Å². The molecule has 52 heavy (non-hydrogen) atoms. The first kappa shape index (κ1) is 30.9. The molecular weight excluding hydrogens is 651 g/mol. The third kappa shape index (κ3) is 5.41. The second-order valence-corrected chi connectivity index (χ2v) is 15.1. The monoisotopic (exact) mass is 687 g/mol. The minimum Gasteiger partial charge on any atom is -0.456 e. The fraction of sp³-hybridized carbons (Fsp3) is 0.102. The van der Waals surface area contributed by atoms with Crippen molar-refractivity contribution in [1.29, 1.82) is 0 Å². The average Bonchev–Trinajstić information content (AvgIpc) is 3.77. The lowest BCUT2D eigenvalue weighted by Crippen LogP contribution is -2.29. The molecular formula is C49H37NOS. The van der Waals surface area contributed by atoms with Gasteiger partial charge in [-0.15, -0.1) is 11.3 Å². The van der Waals surface area contributed by atoms with Gasteiger partial charge in [-0.1, -0.05) is 103 Å². The Labute approximate surface area is 307 Å². The Morgan fingerprint density at radius 1 is 0.577 bits per heavy atom. The van der Waals surface area contributed by atoms with Crippen LogP contribution >= 0.6 is 11.3 Å². The number of hydrogen-bond donors (Lipinski definition) is 1. The lowest BCUT2D eigenvalue weighted by atomic mass is 9.86. The van der Waals surface area contributed by atoms with Crippen LogP contribution in [0.25, 0.3) is 76.3 Å². The summed E-state index contributed by atoms with van der Waals surface area (Å²) in [6.07, 6.45) is 11.0. The number of para-hydroxylation sites is 1. The number of benzene rings is 6. The first-order valence-electron chi connectivity index (χ1n) is 18.3. The maximum atomic E-state index is 6.32. The maximum Gasteiger partial charge on any atom is 0.135 e. The highest BCUT2D eigenvalue weighted by Crippen LogP contribution is 2.41. The van der Waals surface area contributed by atoms with Crippen molar-refractivity contribution in [3.05, 3.63) is 173 Å². The summed E-state index contributed by atoms with van der Waals surface area (Å²) in [5, 5.41) is 8.98. The molecule has 1 N–H and O–H groups in total. The second kappa shape index (κ2) is 12.7. The summed E-state index contributed by atoms with van der Waals surface area (Å²) >= 11 is 1.87. The number of nitrogens with one attached hydrogen (secondary N) is 1. The number of anilines is 1. The smallest absolute Gasteiger partial charge is 0.135 e. The summed E-state index contributed by atoms with van der Waals surface area (Å²) in [7, 11) is 0. The molecule has 250 valence electrons. The first-order chi connectivity index (χ1) is 25.7. The molecule has 0 bridgehead atoms. The van der Waals surface area contributed by atoms with Crippen LogP contribution < -0.4 is 16.0 Å². The molecule has 0 radical (unpaired) electrons. The van der Waals surface area contributed by atoms with Crippen molar-refractivity contribution in [1.82, 2.24) is 0 Å². The molecule has 2 aliphatic carbocycles. The average molecular weight is 688 g/mol. The van der Waals surface area contributed by atoms with Gasteiger partial charge in [-0.25, -0.2) is 0 Å². The van der Waals surface area contributed by atoms with E-state index in [2.05, 4.69) is 158 Å². The van der Waals surface area contributed by atoms with Gasteiger partial charge in [0.05, 0.1) is 0 Å². The van der Waals surface area contributed by atoms with Gasteiger partial charge >= 0.3 is 0 Å². The zero-order chi connectivity index (χ0) is 34.6. The van der Waals surface area contributed by atoms with Gasteiger partial charge in [0.25, 0.3) is 0 Å². The van der Waals surface area contributed by atoms with Crippen molar-refractivity contribution < 1.29 is 4.42 Å². The molecule has 0 amide bonds. The summed E-state index contributed by atoms with van der Waals surface area (Å²) < 4.78 is 8.98. The minimum absolute atomic E-state index is 0.936. The van der Waals surface area contributed by atoms with Crippen LogP contribution in [0.4, 0.5) is 5.69 Å². The number of furan rings is 1. The summed E-state index contributed by atoms with van der Waals surface area (Å²) in [6, 6.07) is 48.7. The van der Waals surface area contributed by atoms with Gasteiger partial charge in [0, 0.05) is 47.7 Å². The quantitative estimate of drug-likeness (QED) is 0.188. The highest BCUT2D eigenvalue weighted by atomic mass is 32.1. The lowest BCUT2D eigenvalue weighted by molar-refractivity contribution is 0.571. The third-order valence-electron chi connectivity index (χ3n) is 10.8. The molecule has 0 atom stereocenters. The number of rotatable bonds is 6. The number of fused-ring (bicyclic) bond motifs is 6. The van der Waals surface area contributed by atoms with E-state index in [0.29, 0.717) is 0 Å². The van der Waals surface area contributed by atoms with Gasteiger partial charge < -0.3 is 9.73 Å². The number of aryl methyl sites for hydroxylation is 1. The Morgan fingerprint density at radius 2 is 1.29 bits per heavy atom. The molecule has 2 aliphatic rings. The van der Waals surface area contributed by atoms with E-state index in [4.69, 9.17) is 4.42 Å². The van der Waals surface area contributed by atoms with E-state index in [0.717, 1.165) is 42.4 Å². The molecule has 2 aromatic heterocycles. The fourth-order valence-electron chi connectivity index (χ4n) is 8.14. The molecule has 2 heterocycles. The molecule has 0 saturated carbocycles. The molecule has 0 aliphatic heterocycles. The molecule has 0 fully saturated rings. The van der Waals surface area contributed by atoms with E-state index in [1.807, 2.05) is 17.4 Å². The van der Waals surface area contributed by atoms with Crippen LogP contribution in [-0.4, -0.2) is 0 Å². The van der Waals surface area contributed by atoms with E-state index in [-0.39, 0.29) is 0 Å². The third-order valence-corrected chi connectivity index (χ3v) is 11.9. The maximum absolute atomic E-state index is 6.32. The van der Waals surface area contributed by atoms with E-state index < -0.39 is 0 Å². The SMILES string of the molecule is Cc1ccc(-c2ccccc2)cc1C1=CC(c2cc(-c3ccc4sc5ccccc5c4c3)ccc2NC2=c3c(oc4ccccc34)=CCC2)=CCC1. The van der Waals surface area contributed by atoms with E-state index in [9.17, 15) is 0 Å². The Hall–Kier alpha value is -5.90. The molecule has 6 aromatic carbocycles. The van der Waals surface area contributed by atoms with Crippen LogP contribution in [-0.2, 0) is 0 Å². The van der Waals surface area contributed by atoms with Gasteiger partial charge in [0.1, 0.15) is 11.0 Å². The van der Waals surface area contributed by atoms with Gasteiger partial charge in [-0.2, -0.15) is 0 Å². The molecule has 0 unspecified atom stereocenters. The lowest BCUT2D eigenvalue weighted by Gasteiger charge is -2.21. The Bertz CT molecular complexity index is 2880. The number of hydrogen-bond acceptors (Lipinski definition) is 3. The predicted octanol–water partition coefficient (Wildman–Crippen LogP) is 12.5. The van der Waals surface area contributed by atoms with Crippen molar-refractivity contribution in [3.63, 3.8) is 0 Å². The summed E-state index contributed by atoms with van der Waals surface area (Å²) in [4.78, 5) is 0. The highest BCUT2D eigenvalue weighted by molar-refractivity contribution is 7.25. The molecule has 3 heteroatoms. The van der Waals surface area contributed by atoms with Crippen molar-refractivity contribution in [3.8, 4) is 22.3 Å². The van der Waals surface area contributed by atoms with E-state index >= 15 is 0 Å². The van der Waals surface area contributed by atoms with Crippen LogP contribution in [0.1, 0.15) is 42.4 Å². The van der Waals surface area contributed by atoms with E-state index in [1.165, 1.54) is 86.6 Å². The molecule has 0 saturated heterocycles. The van der Waals surface area contributed by atoms with Gasteiger partial charge in [0.15, 0.2) is 0 Å².